The maximum atomic E-state index is 13.8. The Hall–Kier alpha value is -3.15. The third-order valence-corrected chi connectivity index (χ3v) is 4.53. The quantitative estimate of drug-likeness (QED) is 0.787. The molecule has 1 aliphatic rings. The lowest BCUT2D eigenvalue weighted by atomic mass is 9.92. The van der Waals surface area contributed by atoms with Crippen LogP contribution in [0.4, 0.5) is 4.39 Å². The second-order valence-corrected chi connectivity index (χ2v) is 6.24. The van der Waals surface area contributed by atoms with E-state index in [1.807, 2.05) is 12.1 Å². The molecule has 130 valence electrons. The van der Waals surface area contributed by atoms with Crippen molar-refractivity contribution in [3.8, 4) is 11.4 Å². The summed E-state index contributed by atoms with van der Waals surface area (Å²) >= 11 is 0. The molecule has 2 aromatic heterocycles. The van der Waals surface area contributed by atoms with E-state index in [9.17, 15) is 9.18 Å². The highest BCUT2D eigenvalue weighted by molar-refractivity contribution is 5.94. The second-order valence-electron chi connectivity index (χ2n) is 6.24. The molecule has 0 spiro atoms. The van der Waals surface area contributed by atoms with Gasteiger partial charge in [-0.25, -0.2) is 14.4 Å². The van der Waals surface area contributed by atoms with Gasteiger partial charge in [0.2, 0.25) is 0 Å². The molecule has 1 atom stereocenters. The van der Waals surface area contributed by atoms with E-state index in [4.69, 9.17) is 0 Å². The number of carbonyl (C=O) groups excluding carboxylic acids is 1. The van der Waals surface area contributed by atoms with Crippen LogP contribution in [0.1, 0.15) is 40.5 Å². The van der Waals surface area contributed by atoms with Gasteiger partial charge in [0.05, 0.1) is 11.6 Å². The van der Waals surface area contributed by atoms with Crippen LogP contribution in [0.25, 0.3) is 11.4 Å². The minimum absolute atomic E-state index is 0.0486. The molecule has 0 aliphatic heterocycles. The predicted octanol–water partition coefficient (Wildman–Crippen LogP) is 3.49. The zero-order valence-corrected chi connectivity index (χ0v) is 14.0. The van der Waals surface area contributed by atoms with Crippen LogP contribution in [0.5, 0.6) is 0 Å². The molecule has 1 amide bonds. The van der Waals surface area contributed by atoms with Gasteiger partial charge < -0.3 is 5.32 Å². The summed E-state index contributed by atoms with van der Waals surface area (Å²) in [4.78, 5) is 25.6. The summed E-state index contributed by atoms with van der Waals surface area (Å²) < 4.78 is 13.8. The van der Waals surface area contributed by atoms with Crippen LogP contribution in [0, 0.1) is 5.82 Å². The largest absolute Gasteiger partial charge is 0.345 e. The van der Waals surface area contributed by atoms with E-state index < -0.39 is 11.7 Å². The Bertz CT molecular complexity index is 946. The molecular formula is C20H17FN4O. The number of amides is 1. The van der Waals surface area contributed by atoms with E-state index in [0.717, 1.165) is 36.1 Å². The Morgan fingerprint density at radius 3 is 2.85 bits per heavy atom. The summed E-state index contributed by atoms with van der Waals surface area (Å²) in [5.41, 5.74) is 2.72. The number of fused-ring (bicyclic) bond motifs is 1. The van der Waals surface area contributed by atoms with Gasteiger partial charge in [0, 0.05) is 35.4 Å². The van der Waals surface area contributed by atoms with Crippen molar-refractivity contribution in [1.29, 1.82) is 0 Å². The van der Waals surface area contributed by atoms with Gasteiger partial charge in [-0.3, -0.25) is 9.78 Å². The van der Waals surface area contributed by atoms with Crippen LogP contribution in [-0.4, -0.2) is 20.9 Å². The molecule has 1 aromatic carbocycles. The lowest BCUT2D eigenvalue weighted by Gasteiger charge is -2.25. The number of hydrogen-bond acceptors (Lipinski definition) is 4. The number of carbonyl (C=O) groups is 1. The Labute approximate surface area is 150 Å². The topological polar surface area (TPSA) is 67.8 Å². The molecule has 4 rings (SSSR count). The maximum Gasteiger partial charge on any atom is 0.254 e. The van der Waals surface area contributed by atoms with Crippen LogP contribution < -0.4 is 5.32 Å². The Morgan fingerprint density at radius 1 is 1.15 bits per heavy atom. The minimum Gasteiger partial charge on any atom is -0.345 e. The van der Waals surface area contributed by atoms with Crippen LogP contribution in [0.15, 0.2) is 55.0 Å². The second kappa shape index (κ2) is 7.00. The molecule has 1 N–H and O–H groups in total. The smallest absolute Gasteiger partial charge is 0.254 e. The lowest BCUT2D eigenvalue weighted by molar-refractivity contribution is 0.0928. The molecule has 2 heterocycles. The van der Waals surface area contributed by atoms with E-state index in [0.29, 0.717) is 5.82 Å². The fraction of sp³-hybridized carbons (Fsp3) is 0.200. The fourth-order valence-corrected chi connectivity index (χ4v) is 3.21. The summed E-state index contributed by atoms with van der Waals surface area (Å²) in [6, 6.07) is 9.52. The van der Waals surface area contributed by atoms with Gasteiger partial charge in [0.1, 0.15) is 5.82 Å². The zero-order chi connectivity index (χ0) is 17.9. The number of pyridine rings is 1. The number of aryl methyl sites for hydroxylation is 1. The standard InChI is InChI=1S/C20H17FN4O/c21-16-7-2-1-6-14(16)20(26)25-18-9-3-8-17-15(18)12-23-19(24-17)13-5-4-10-22-11-13/h1-2,4-7,10-12,18H,3,8-9H2,(H,25,26). The molecule has 6 heteroatoms. The number of nitrogens with one attached hydrogen (secondary N) is 1. The molecule has 1 unspecified atom stereocenters. The van der Waals surface area contributed by atoms with Gasteiger partial charge >= 0.3 is 0 Å². The van der Waals surface area contributed by atoms with Crippen LogP contribution in [0.2, 0.25) is 0 Å². The van der Waals surface area contributed by atoms with Gasteiger partial charge in [-0.05, 0) is 43.5 Å². The van der Waals surface area contributed by atoms with Crippen molar-refractivity contribution >= 4 is 5.91 Å². The van der Waals surface area contributed by atoms with E-state index >= 15 is 0 Å². The molecule has 5 nitrogen and oxygen atoms in total. The first-order valence-corrected chi connectivity index (χ1v) is 8.54. The minimum atomic E-state index is -0.524. The normalized spacial score (nSPS) is 16.0. The molecule has 0 radical (unpaired) electrons. The zero-order valence-electron chi connectivity index (χ0n) is 14.0. The Morgan fingerprint density at radius 2 is 2.04 bits per heavy atom. The average molecular weight is 348 g/mol. The van der Waals surface area contributed by atoms with Crippen LogP contribution in [-0.2, 0) is 6.42 Å². The van der Waals surface area contributed by atoms with Crippen LogP contribution >= 0.6 is 0 Å². The van der Waals surface area contributed by atoms with Gasteiger partial charge in [-0.15, -0.1) is 0 Å². The average Bonchev–Trinajstić information content (AvgIpc) is 2.69. The molecule has 0 fully saturated rings. The maximum absolute atomic E-state index is 13.8. The van der Waals surface area contributed by atoms with Crippen molar-refractivity contribution in [2.24, 2.45) is 0 Å². The fourth-order valence-electron chi connectivity index (χ4n) is 3.21. The molecule has 0 saturated heterocycles. The lowest BCUT2D eigenvalue weighted by Crippen LogP contribution is -2.32. The SMILES string of the molecule is O=C(NC1CCCc2nc(-c3cccnc3)ncc21)c1ccccc1F. The highest BCUT2D eigenvalue weighted by Gasteiger charge is 2.25. The third kappa shape index (κ3) is 3.18. The van der Waals surface area contributed by atoms with Gasteiger partial charge in [-0.1, -0.05) is 12.1 Å². The first-order valence-electron chi connectivity index (χ1n) is 8.54. The van der Waals surface area contributed by atoms with E-state index in [-0.39, 0.29) is 11.6 Å². The Kier molecular flexibility index (Phi) is 4.39. The first-order chi connectivity index (χ1) is 12.7. The van der Waals surface area contributed by atoms with Crippen molar-refractivity contribution in [1.82, 2.24) is 20.3 Å². The van der Waals surface area contributed by atoms with E-state index in [1.165, 1.54) is 12.1 Å². The molecule has 26 heavy (non-hydrogen) atoms. The number of aromatic nitrogens is 3. The van der Waals surface area contributed by atoms with Gasteiger partial charge in [-0.2, -0.15) is 0 Å². The van der Waals surface area contributed by atoms with E-state index in [1.54, 1.807) is 30.7 Å². The summed E-state index contributed by atoms with van der Waals surface area (Å²) in [5, 5.41) is 2.92. The van der Waals surface area contributed by atoms with Crippen molar-refractivity contribution in [3.05, 3.63) is 77.6 Å². The van der Waals surface area contributed by atoms with E-state index in [2.05, 4.69) is 20.3 Å². The predicted molar refractivity (Wildman–Crippen MR) is 94.8 cm³/mol. The summed E-state index contributed by atoms with van der Waals surface area (Å²) in [7, 11) is 0. The summed E-state index contributed by atoms with van der Waals surface area (Å²) in [6.45, 7) is 0. The summed E-state index contributed by atoms with van der Waals surface area (Å²) in [5.74, 6) is -0.320. The number of nitrogens with zero attached hydrogens (tertiary/aromatic N) is 3. The molecule has 0 saturated carbocycles. The number of hydrogen-bond donors (Lipinski definition) is 1. The van der Waals surface area contributed by atoms with Crippen molar-refractivity contribution in [2.45, 2.75) is 25.3 Å². The Balaban J connectivity index is 1.60. The third-order valence-electron chi connectivity index (χ3n) is 4.53. The molecule has 1 aliphatic carbocycles. The molecule has 0 bridgehead atoms. The summed E-state index contributed by atoms with van der Waals surface area (Å²) in [6.07, 6.45) is 7.70. The van der Waals surface area contributed by atoms with Crippen molar-refractivity contribution in [2.75, 3.05) is 0 Å². The highest BCUT2D eigenvalue weighted by Crippen LogP contribution is 2.29. The first kappa shape index (κ1) is 16.3. The van der Waals surface area contributed by atoms with Crippen molar-refractivity contribution < 1.29 is 9.18 Å². The van der Waals surface area contributed by atoms with Gasteiger partial charge in [0.15, 0.2) is 5.82 Å². The number of benzene rings is 1. The molecule has 3 aromatic rings. The van der Waals surface area contributed by atoms with Gasteiger partial charge in [0.25, 0.3) is 5.91 Å². The van der Waals surface area contributed by atoms with Crippen LogP contribution in [0.3, 0.4) is 0 Å². The monoisotopic (exact) mass is 348 g/mol. The molecular weight excluding hydrogens is 331 g/mol. The van der Waals surface area contributed by atoms with Crippen molar-refractivity contribution in [3.63, 3.8) is 0 Å². The number of halogens is 1. The number of rotatable bonds is 3. The highest BCUT2D eigenvalue weighted by atomic mass is 19.1.